The van der Waals surface area contributed by atoms with E-state index in [-0.39, 0.29) is 23.3 Å². The monoisotopic (exact) mass is 463 g/mol. The Kier molecular flexibility index (Phi) is 5.64. The molecule has 2 aromatic carbocycles. The van der Waals surface area contributed by atoms with Crippen molar-refractivity contribution in [3.63, 3.8) is 0 Å². The number of hydrogen-bond donors (Lipinski definition) is 0. The summed E-state index contributed by atoms with van der Waals surface area (Å²) in [5.41, 5.74) is 0.878. The molecule has 2 aromatic heterocycles. The van der Waals surface area contributed by atoms with Crippen molar-refractivity contribution in [2.45, 2.75) is 19.9 Å². The summed E-state index contributed by atoms with van der Waals surface area (Å²) in [7, 11) is 0. The van der Waals surface area contributed by atoms with E-state index >= 15 is 0 Å². The van der Waals surface area contributed by atoms with Crippen LogP contribution in [-0.2, 0) is 0 Å². The molecule has 2 unspecified atom stereocenters. The largest absolute Gasteiger partial charge is 0.339 e. The lowest BCUT2D eigenvalue weighted by atomic mass is 10.0. The highest BCUT2D eigenvalue weighted by Gasteiger charge is 2.33. The average Bonchev–Trinajstić information content (AvgIpc) is 3.32. The topological polar surface area (TPSA) is 80.0 Å². The molecule has 1 fully saturated rings. The molecule has 0 N–H and O–H groups in total. The number of halogens is 2. The first-order valence-electron chi connectivity index (χ1n) is 11.1. The van der Waals surface area contributed by atoms with E-state index in [9.17, 15) is 13.6 Å². The molecular weight excluding hydrogens is 440 g/mol. The number of hydrogen-bond acceptors (Lipinski definition) is 6. The van der Waals surface area contributed by atoms with Crippen LogP contribution in [0.2, 0.25) is 0 Å². The van der Waals surface area contributed by atoms with E-state index in [0.29, 0.717) is 42.2 Å². The van der Waals surface area contributed by atoms with Crippen molar-refractivity contribution in [3.05, 3.63) is 72.2 Å². The molecule has 5 rings (SSSR count). The van der Waals surface area contributed by atoms with Crippen LogP contribution in [0.3, 0.4) is 0 Å². The van der Waals surface area contributed by atoms with Crippen molar-refractivity contribution in [1.82, 2.24) is 29.9 Å². The summed E-state index contributed by atoms with van der Waals surface area (Å²) in [6.07, 6.45) is 4.56. The maximum absolute atomic E-state index is 14.9. The van der Waals surface area contributed by atoms with Crippen LogP contribution in [0.15, 0.2) is 55.0 Å². The fraction of sp³-hybridized carbons (Fsp3) is 0.292. The maximum atomic E-state index is 14.9. The predicted molar refractivity (Wildman–Crippen MR) is 123 cm³/mol. The Bertz CT molecular complexity index is 1340. The number of aromatic nitrogens is 5. The van der Waals surface area contributed by atoms with Crippen LogP contribution in [0.25, 0.3) is 16.6 Å². The molecule has 0 radical (unpaired) electrons. The van der Waals surface area contributed by atoms with Crippen molar-refractivity contribution < 1.29 is 13.6 Å². The van der Waals surface area contributed by atoms with E-state index in [1.807, 2.05) is 18.7 Å². The number of nitrogens with zero attached hydrogens (tertiary/aromatic N) is 7. The smallest absolute Gasteiger partial charge is 0.259 e. The summed E-state index contributed by atoms with van der Waals surface area (Å²) >= 11 is 0. The van der Waals surface area contributed by atoms with Gasteiger partial charge < -0.3 is 9.80 Å². The van der Waals surface area contributed by atoms with Crippen molar-refractivity contribution in [3.8, 4) is 5.69 Å². The highest BCUT2D eigenvalue weighted by molar-refractivity contribution is 5.98. The van der Waals surface area contributed by atoms with Gasteiger partial charge in [-0.15, -0.1) is 0 Å². The van der Waals surface area contributed by atoms with Gasteiger partial charge in [0.05, 0.1) is 17.9 Å². The summed E-state index contributed by atoms with van der Waals surface area (Å²) in [5, 5.41) is 8.76. The Morgan fingerprint density at radius 1 is 1.06 bits per heavy atom. The summed E-state index contributed by atoms with van der Waals surface area (Å²) in [4.78, 5) is 27.6. The van der Waals surface area contributed by atoms with Crippen molar-refractivity contribution >= 4 is 22.8 Å². The molecule has 1 amide bonds. The molecule has 10 heteroatoms. The zero-order chi connectivity index (χ0) is 23.8. The normalized spacial score (nSPS) is 18.8. The van der Waals surface area contributed by atoms with E-state index in [2.05, 4.69) is 20.2 Å². The van der Waals surface area contributed by atoms with E-state index < -0.39 is 11.7 Å². The second-order valence-corrected chi connectivity index (χ2v) is 8.49. The Morgan fingerprint density at radius 3 is 2.65 bits per heavy atom. The number of anilines is 1. The Morgan fingerprint density at radius 2 is 1.85 bits per heavy atom. The third-order valence-electron chi connectivity index (χ3n) is 6.35. The van der Waals surface area contributed by atoms with Gasteiger partial charge in [0.1, 0.15) is 22.9 Å². The number of rotatable bonds is 3. The molecule has 1 saturated heterocycles. The highest BCUT2D eigenvalue weighted by atomic mass is 19.1. The summed E-state index contributed by atoms with van der Waals surface area (Å²) in [5.74, 6) is -0.808. The van der Waals surface area contributed by atoms with Crippen LogP contribution in [0.4, 0.5) is 14.7 Å². The van der Waals surface area contributed by atoms with E-state index in [1.54, 1.807) is 23.2 Å². The quantitative estimate of drug-likeness (QED) is 0.463. The number of carbonyl (C=O) groups excluding carboxylic acids is 1. The van der Waals surface area contributed by atoms with Crippen LogP contribution < -0.4 is 4.90 Å². The Labute approximate surface area is 194 Å². The molecule has 1 aliphatic rings. The second kappa shape index (κ2) is 8.77. The number of carbonyl (C=O) groups is 1. The van der Waals surface area contributed by atoms with E-state index in [0.717, 1.165) is 0 Å². The first kappa shape index (κ1) is 21.9. The highest BCUT2D eigenvalue weighted by Crippen LogP contribution is 2.26. The van der Waals surface area contributed by atoms with Gasteiger partial charge in [0.25, 0.3) is 5.91 Å². The SMILES string of the molecule is CC1CN(c2ncc3cc(F)ccc3n2)CCN(C(=O)c2c(F)cccc2-n2nccn2)C1C. The number of benzene rings is 2. The molecule has 0 aliphatic carbocycles. The molecule has 0 saturated carbocycles. The van der Waals surface area contributed by atoms with Gasteiger partial charge in [-0.25, -0.2) is 18.7 Å². The van der Waals surface area contributed by atoms with Gasteiger partial charge in [-0.1, -0.05) is 13.0 Å². The third kappa shape index (κ3) is 3.95. The molecule has 3 heterocycles. The minimum absolute atomic E-state index is 0.0528. The van der Waals surface area contributed by atoms with Crippen molar-refractivity contribution in [2.24, 2.45) is 5.92 Å². The van der Waals surface area contributed by atoms with Gasteiger partial charge in [0.15, 0.2) is 0 Å². The first-order valence-corrected chi connectivity index (χ1v) is 11.1. The van der Waals surface area contributed by atoms with Crippen LogP contribution >= 0.6 is 0 Å². The van der Waals surface area contributed by atoms with Gasteiger partial charge in [0, 0.05) is 37.3 Å². The summed E-state index contributed by atoms with van der Waals surface area (Å²) in [6, 6.07) is 8.65. The van der Waals surface area contributed by atoms with Crippen LogP contribution in [0.1, 0.15) is 24.2 Å². The minimum atomic E-state index is -0.620. The Hall–Kier alpha value is -3.95. The maximum Gasteiger partial charge on any atom is 0.259 e. The van der Waals surface area contributed by atoms with Gasteiger partial charge >= 0.3 is 0 Å². The molecule has 0 bridgehead atoms. The molecule has 2 atom stereocenters. The van der Waals surface area contributed by atoms with Crippen LogP contribution in [0.5, 0.6) is 0 Å². The molecule has 8 nitrogen and oxygen atoms in total. The lowest BCUT2D eigenvalue weighted by Gasteiger charge is -2.30. The van der Waals surface area contributed by atoms with Crippen molar-refractivity contribution in [2.75, 3.05) is 24.5 Å². The van der Waals surface area contributed by atoms with Gasteiger partial charge in [0.2, 0.25) is 5.95 Å². The number of amides is 1. The fourth-order valence-electron chi connectivity index (χ4n) is 4.32. The first-order chi connectivity index (χ1) is 16.4. The lowest BCUT2D eigenvalue weighted by Crippen LogP contribution is -2.43. The second-order valence-electron chi connectivity index (χ2n) is 8.49. The number of fused-ring (bicyclic) bond motifs is 1. The van der Waals surface area contributed by atoms with Gasteiger partial charge in [-0.3, -0.25) is 4.79 Å². The van der Waals surface area contributed by atoms with Crippen LogP contribution in [0, 0.1) is 17.6 Å². The molecule has 4 aromatic rings. The van der Waals surface area contributed by atoms with Gasteiger partial charge in [-0.2, -0.15) is 15.0 Å². The molecule has 174 valence electrons. The molecule has 0 spiro atoms. The lowest BCUT2D eigenvalue weighted by molar-refractivity contribution is 0.0665. The predicted octanol–water partition coefficient (Wildman–Crippen LogP) is 3.48. The third-order valence-corrected chi connectivity index (χ3v) is 6.35. The summed E-state index contributed by atoms with van der Waals surface area (Å²) in [6.45, 7) is 5.44. The molecular formula is C24H23F2N7O. The zero-order valence-corrected chi connectivity index (χ0v) is 18.8. The van der Waals surface area contributed by atoms with Gasteiger partial charge in [-0.05, 0) is 43.2 Å². The van der Waals surface area contributed by atoms with Crippen LogP contribution in [-0.4, -0.2) is 61.4 Å². The Balaban J connectivity index is 1.45. The molecule has 1 aliphatic heterocycles. The summed E-state index contributed by atoms with van der Waals surface area (Å²) < 4.78 is 28.4. The average molecular weight is 463 g/mol. The van der Waals surface area contributed by atoms with Crippen molar-refractivity contribution in [1.29, 1.82) is 0 Å². The standard InChI is InChI=1S/C24H23F2N7O/c1-15-14-31(24-27-13-17-12-18(25)6-7-20(17)30-24)10-11-32(16(15)2)23(34)22-19(26)4-3-5-21(22)33-28-8-9-29-33/h3-9,12-13,15-16H,10-11,14H2,1-2H3. The molecule has 34 heavy (non-hydrogen) atoms. The zero-order valence-electron chi connectivity index (χ0n) is 18.8. The van der Waals surface area contributed by atoms with E-state index in [4.69, 9.17) is 0 Å². The fourth-order valence-corrected chi connectivity index (χ4v) is 4.32. The minimum Gasteiger partial charge on any atom is -0.339 e. The van der Waals surface area contributed by atoms with E-state index in [1.165, 1.54) is 41.5 Å².